The predicted molar refractivity (Wildman–Crippen MR) is 123 cm³/mol. The van der Waals surface area contributed by atoms with Crippen molar-refractivity contribution in [3.8, 4) is 5.75 Å². The number of carbonyl (C=O) groups is 2. The van der Waals surface area contributed by atoms with Gasteiger partial charge < -0.3 is 10.1 Å². The second-order valence-corrected chi connectivity index (χ2v) is 7.98. The van der Waals surface area contributed by atoms with Gasteiger partial charge in [-0.2, -0.15) is 0 Å². The number of rotatable bonds is 5. The summed E-state index contributed by atoms with van der Waals surface area (Å²) in [6.07, 6.45) is 1.78. The van der Waals surface area contributed by atoms with Gasteiger partial charge in [0.15, 0.2) is 6.04 Å². The van der Waals surface area contributed by atoms with E-state index in [-0.39, 0.29) is 11.8 Å². The summed E-state index contributed by atoms with van der Waals surface area (Å²) in [5.74, 6) is 0.00320. The van der Waals surface area contributed by atoms with Crippen molar-refractivity contribution < 1.29 is 19.0 Å². The lowest BCUT2D eigenvalue weighted by Crippen LogP contribution is -2.42. The van der Waals surface area contributed by atoms with E-state index >= 15 is 0 Å². The number of nitrogens with zero attached hydrogens (tertiary/aromatic N) is 1. The zero-order valence-electron chi connectivity index (χ0n) is 17.7. The smallest absolute Gasteiger partial charge is 0.304 e. The van der Waals surface area contributed by atoms with E-state index in [1.54, 1.807) is 48.3 Å². The van der Waals surface area contributed by atoms with Crippen molar-refractivity contribution in [3.05, 3.63) is 100 Å². The van der Waals surface area contributed by atoms with E-state index in [0.29, 0.717) is 16.3 Å². The highest BCUT2D eigenvalue weighted by Gasteiger charge is 2.47. The third-order valence-corrected chi connectivity index (χ3v) is 5.72. The largest absolute Gasteiger partial charge is 0.497 e. The Balaban J connectivity index is 1.69. The van der Waals surface area contributed by atoms with E-state index < -0.39 is 12.1 Å². The average Bonchev–Trinajstić information content (AvgIpc) is 3.10. The molecular formula is C25H23ClN3O3+. The van der Waals surface area contributed by atoms with Crippen molar-refractivity contribution in [3.63, 3.8) is 0 Å². The Morgan fingerprint density at radius 2 is 1.75 bits per heavy atom. The molecule has 0 radical (unpaired) electrons. The molecule has 3 aromatic rings. The maximum atomic E-state index is 12.9. The summed E-state index contributed by atoms with van der Waals surface area (Å²) in [7, 11) is 1.56. The molecule has 1 aliphatic heterocycles. The summed E-state index contributed by atoms with van der Waals surface area (Å²) >= 11 is 6.33. The maximum absolute atomic E-state index is 12.9. The van der Waals surface area contributed by atoms with Gasteiger partial charge in [0, 0.05) is 11.1 Å². The summed E-state index contributed by atoms with van der Waals surface area (Å²) in [5, 5.41) is 3.45. The Morgan fingerprint density at radius 1 is 1.06 bits per heavy atom. The minimum atomic E-state index is -0.800. The summed E-state index contributed by atoms with van der Waals surface area (Å²) in [6, 6.07) is 20.7. The third kappa shape index (κ3) is 4.50. The standard InChI is InChI=1S/C25H22ClN3O3/c1-16-7-9-17(10-8-16)23-22(27-24(30)18-11-13-20(32-2)14-12-18)25(31)28-29(23)15-19-5-3-4-6-21(19)26/h3-15,22-23H,1-2H3,(H-,27,28,30,31)/p+1/b29-15-/t22-,23+/m1/s1. The number of hydrazine groups is 1. The number of hydrazone groups is 1. The fourth-order valence-corrected chi connectivity index (χ4v) is 3.83. The first kappa shape index (κ1) is 21.6. The first-order valence-electron chi connectivity index (χ1n) is 10.2. The van der Waals surface area contributed by atoms with Crippen LogP contribution in [0.25, 0.3) is 0 Å². The van der Waals surface area contributed by atoms with Crippen LogP contribution in [0.1, 0.15) is 33.1 Å². The second-order valence-electron chi connectivity index (χ2n) is 7.57. The summed E-state index contributed by atoms with van der Waals surface area (Å²) in [4.78, 5) is 25.9. The third-order valence-electron chi connectivity index (χ3n) is 5.38. The SMILES string of the molecule is COc1ccc(C(=O)N[C@H]2C(=O)N/[N+](=C\c3ccccc3Cl)[C@H]2c2ccc(C)cc2)cc1. The van der Waals surface area contributed by atoms with Gasteiger partial charge in [-0.3, -0.25) is 9.59 Å². The van der Waals surface area contributed by atoms with E-state index in [0.717, 1.165) is 16.7 Å². The molecular weight excluding hydrogens is 426 g/mol. The molecule has 0 saturated carbocycles. The van der Waals surface area contributed by atoms with E-state index in [1.807, 2.05) is 49.4 Å². The van der Waals surface area contributed by atoms with E-state index in [9.17, 15) is 9.59 Å². The highest BCUT2D eigenvalue weighted by Crippen LogP contribution is 2.26. The molecule has 0 aliphatic carbocycles. The van der Waals surface area contributed by atoms with Gasteiger partial charge in [0.1, 0.15) is 5.75 Å². The number of halogens is 1. The number of benzene rings is 3. The number of hydrogen-bond acceptors (Lipinski definition) is 3. The molecule has 2 amide bonds. The van der Waals surface area contributed by atoms with Crippen molar-refractivity contribution in [1.29, 1.82) is 0 Å². The molecule has 0 spiro atoms. The molecule has 32 heavy (non-hydrogen) atoms. The predicted octanol–water partition coefficient (Wildman–Crippen LogP) is 3.67. The molecule has 4 rings (SSSR count). The highest BCUT2D eigenvalue weighted by molar-refractivity contribution is 6.32. The van der Waals surface area contributed by atoms with Gasteiger partial charge in [-0.05, 0) is 43.3 Å². The van der Waals surface area contributed by atoms with Crippen molar-refractivity contribution in [2.75, 3.05) is 7.11 Å². The van der Waals surface area contributed by atoms with Crippen LogP contribution in [0.3, 0.4) is 0 Å². The van der Waals surface area contributed by atoms with Gasteiger partial charge in [-0.25, -0.2) is 0 Å². The van der Waals surface area contributed by atoms with E-state index in [1.165, 1.54) is 0 Å². The second kappa shape index (κ2) is 9.24. The fourth-order valence-electron chi connectivity index (χ4n) is 3.64. The van der Waals surface area contributed by atoms with Crippen LogP contribution in [0.15, 0.2) is 72.8 Å². The number of ether oxygens (including phenoxy) is 1. The number of hydrogen-bond donors (Lipinski definition) is 2. The van der Waals surface area contributed by atoms with Crippen LogP contribution in [0.5, 0.6) is 5.75 Å². The Morgan fingerprint density at radius 3 is 2.41 bits per heavy atom. The van der Waals surface area contributed by atoms with Crippen LogP contribution in [0.2, 0.25) is 5.02 Å². The van der Waals surface area contributed by atoms with Gasteiger partial charge in [0.2, 0.25) is 12.3 Å². The van der Waals surface area contributed by atoms with Crippen molar-refractivity contribution >= 4 is 29.6 Å². The lowest BCUT2D eigenvalue weighted by Gasteiger charge is -2.15. The molecule has 0 unspecified atom stereocenters. The fraction of sp³-hybridized carbons (Fsp3) is 0.160. The molecule has 1 aliphatic rings. The zero-order valence-corrected chi connectivity index (χ0v) is 18.5. The topological polar surface area (TPSA) is 70.4 Å². The van der Waals surface area contributed by atoms with Crippen LogP contribution in [0.4, 0.5) is 0 Å². The Hall–Kier alpha value is -3.64. The van der Waals surface area contributed by atoms with Gasteiger partial charge in [-0.15, -0.1) is 10.1 Å². The van der Waals surface area contributed by atoms with E-state index in [4.69, 9.17) is 16.3 Å². The van der Waals surface area contributed by atoms with Crippen molar-refractivity contribution in [2.24, 2.45) is 0 Å². The molecule has 0 aromatic heterocycles. The zero-order chi connectivity index (χ0) is 22.7. The Kier molecular flexibility index (Phi) is 6.23. The number of aryl methyl sites for hydroxylation is 1. The molecule has 2 atom stereocenters. The minimum absolute atomic E-state index is 0.305. The number of methoxy groups -OCH3 is 1. The number of carbonyl (C=O) groups excluding carboxylic acids is 2. The normalized spacial score (nSPS) is 19.0. The van der Waals surface area contributed by atoms with E-state index in [2.05, 4.69) is 10.7 Å². The molecule has 6 nitrogen and oxygen atoms in total. The van der Waals surface area contributed by atoms with Gasteiger partial charge in [0.05, 0.1) is 17.7 Å². The summed E-state index contributed by atoms with van der Waals surface area (Å²) < 4.78 is 6.85. The number of amides is 2. The Labute approximate surface area is 191 Å². The molecule has 1 heterocycles. The van der Waals surface area contributed by atoms with Crippen molar-refractivity contribution in [1.82, 2.24) is 10.7 Å². The quantitative estimate of drug-likeness (QED) is 0.585. The molecule has 1 fully saturated rings. The van der Waals surface area contributed by atoms with Gasteiger partial charge >= 0.3 is 5.91 Å². The van der Waals surface area contributed by atoms with Crippen LogP contribution < -0.4 is 15.5 Å². The molecule has 0 bridgehead atoms. The molecule has 1 saturated heterocycles. The van der Waals surface area contributed by atoms with Crippen LogP contribution in [0, 0.1) is 6.92 Å². The summed E-state index contributed by atoms with van der Waals surface area (Å²) in [5.41, 5.74) is 6.05. The molecule has 2 N–H and O–H groups in total. The van der Waals surface area contributed by atoms with Gasteiger partial charge in [0.25, 0.3) is 5.91 Å². The van der Waals surface area contributed by atoms with Crippen molar-refractivity contribution in [2.45, 2.75) is 19.0 Å². The Bertz CT molecular complexity index is 1170. The average molecular weight is 449 g/mol. The summed E-state index contributed by atoms with van der Waals surface area (Å²) in [6.45, 7) is 2.00. The lowest BCUT2D eigenvalue weighted by atomic mass is 9.98. The van der Waals surface area contributed by atoms with Crippen LogP contribution >= 0.6 is 11.6 Å². The van der Waals surface area contributed by atoms with Gasteiger partial charge in [-0.1, -0.05) is 53.6 Å². The van der Waals surface area contributed by atoms with Crippen LogP contribution in [-0.4, -0.2) is 35.9 Å². The first-order valence-corrected chi connectivity index (χ1v) is 10.5. The van der Waals surface area contributed by atoms with Crippen LogP contribution in [-0.2, 0) is 4.79 Å². The first-order chi connectivity index (χ1) is 15.5. The molecule has 3 aromatic carbocycles. The lowest BCUT2D eigenvalue weighted by molar-refractivity contribution is -0.596. The monoisotopic (exact) mass is 448 g/mol. The highest BCUT2D eigenvalue weighted by atomic mass is 35.5. The molecule has 162 valence electrons. The maximum Gasteiger partial charge on any atom is 0.304 e. The number of nitrogens with one attached hydrogen (secondary N) is 2. The minimum Gasteiger partial charge on any atom is -0.497 e. The molecule has 7 heteroatoms.